The fraction of sp³-hybridized carbons (Fsp3) is 0.650. The van der Waals surface area contributed by atoms with Crippen LogP contribution in [0.15, 0.2) is 24.3 Å². The van der Waals surface area contributed by atoms with Crippen LogP contribution >= 0.6 is 0 Å². The molecule has 1 aromatic carbocycles. The summed E-state index contributed by atoms with van der Waals surface area (Å²) in [5.41, 5.74) is 1.18. The molecule has 1 aliphatic carbocycles. The van der Waals surface area contributed by atoms with Crippen molar-refractivity contribution in [1.82, 2.24) is 4.90 Å². The van der Waals surface area contributed by atoms with Gasteiger partial charge in [-0.1, -0.05) is 26.0 Å². The number of rotatable bonds is 7. The minimum atomic E-state index is -0.157. The fourth-order valence-corrected chi connectivity index (χ4v) is 3.65. The van der Waals surface area contributed by atoms with Crippen LogP contribution in [-0.2, 0) is 6.54 Å². The van der Waals surface area contributed by atoms with E-state index in [1.54, 1.807) is 6.07 Å². The molecule has 132 valence electrons. The van der Waals surface area contributed by atoms with Crippen LogP contribution in [-0.4, -0.2) is 33.8 Å². The molecule has 0 spiro atoms. The van der Waals surface area contributed by atoms with Crippen molar-refractivity contribution in [3.8, 4) is 11.8 Å². The third-order valence-corrected chi connectivity index (χ3v) is 5.02. The maximum Gasteiger partial charge on any atom is 0.115 e. The summed E-state index contributed by atoms with van der Waals surface area (Å²) >= 11 is 0. The smallest absolute Gasteiger partial charge is 0.115 e. The molecular formula is C20H30N2O2. The Morgan fingerprint density at radius 3 is 2.58 bits per heavy atom. The van der Waals surface area contributed by atoms with E-state index in [1.807, 2.05) is 18.2 Å². The van der Waals surface area contributed by atoms with E-state index in [0.717, 1.165) is 50.8 Å². The Bertz CT molecular complexity index is 557. The zero-order valence-electron chi connectivity index (χ0n) is 14.9. The summed E-state index contributed by atoms with van der Waals surface area (Å²) in [4.78, 5) is 2.48. The number of hydrogen-bond donors (Lipinski definition) is 2. The summed E-state index contributed by atoms with van der Waals surface area (Å²) in [7, 11) is 0. The highest BCUT2D eigenvalue weighted by molar-refractivity contribution is 5.27. The molecule has 0 atom stereocenters. The summed E-state index contributed by atoms with van der Waals surface area (Å²) in [6.45, 7) is 6.16. The van der Waals surface area contributed by atoms with E-state index in [0.29, 0.717) is 18.2 Å². The highest BCUT2D eigenvalue weighted by Crippen LogP contribution is 2.30. The largest absolute Gasteiger partial charge is 0.508 e. The van der Waals surface area contributed by atoms with Gasteiger partial charge >= 0.3 is 0 Å². The van der Waals surface area contributed by atoms with Gasteiger partial charge in [0.25, 0.3) is 0 Å². The second-order valence-electron chi connectivity index (χ2n) is 7.86. The SMILES string of the molecule is CC(C)(CCC#N)CN(Cc1cccc(O)c1)C1CCC(O)CC1. The monoisotopic (exact) mass is 330 g/mol. The van der Waals surface area contributed by atoms with Crippen molar-refractivity contribution in [2.24, 2.45) is 5.41 Å². The molecule has 2 rings (SSSR count). The van der Waals surface area contributed by atoms with Crippen LogP contribution in [0.1, 0.15) is 57.9 Å². The number of aromatic hydroxyl groups is 1. The lowest BCUT2D eigenvalue weighted by atomic mass is 9.85. The van der Waals surface area contributed by atoms with E-state index in [9.17, 15) is 10.2 Å². The lowest BCUT2D eigenvalue weighted by molar-refractivity contribution is 0.0489. The molecule has 24 heavy (non-hydrogen) atoms. The van der Waals surface area contributed by atoms with Gasteiger partial charge in [-0.3, -0.25) is 4.90 Å². The molecule has 0 aliphatic heterocycles. The van der Waals surface area contributed by atoms with Crippen molar-refractivity contribution in [2.45, 2.75) is 71.1 Å². The number of benzene rings is 1. The molecule has 0 unspecified atom stereocenters. The fourth-order valence-electron chi connectivity index (χ4n) is 3.65. The predicted molar refractivity (Wildman–Crippen MR) is 95.4 cm³/mol. The standard InChI is InChI=1S/C20H30N2O2/c1-20(2,11-4-12-21)15-22(17-7-9-18(23)10-8-17)14-16-5-3-6-19(24)13-16/h3,5-6,13,17-18,23-24H,4,7-11,14-15H2,1-2H3. The van der Waals surface area contributed by atoms with Gasteiger partial charge < -0.3 is 10.2 Å². The second kappa shape index (κ2) is 8.50. The average Bonchev–Trinajstić information content (AvgIpc) is 2.53. The number of hydrogen-bond acceptors (Lipinski definition) is 4. The highest BCUT2D eigenvalue weighted by atomic mass is 16.3. The predicted octanol–water partition coefficient (Wildman–Crippen LogP) is 3.83. The molecule has 1 saturated carbocycles. The molecule has 0 amide bonds. The summed E-state index contributed by atoms with van der Waals surface area (Å²) in [6.07, 6.45) is 5.05. The van der Waals surface area contributed by atoms with Gasteiger partial charge in [0.1, 0.15) is 5.75 Å². The van der Waals surface area contributed by atoms with E-state index in [1.165, 1.54) is 0 Å². The number of phenolic OH excluding ortho intramolecular Hbond substituents is 1. The Kier molecular flexibility index (Phi) is 6.65. The Balaban J connectivity index is 2.10. The van der Waals surface area contributed by atoms with Crippen LogP contribution in [0.5, 0.6) is 5.75 Å². The molecule has 4 heteroatoms. The molecule has 4 nitrogen and oxygen atoms in total. The van der Waals surface area contributed by atoms with Crippen LogP contribution in [0, 0.1) is 16.7 Å². The van der Waals surface area contributed by atoms with Gasteiger partial charge in [0.15, 0.2) is 0 Å². The maximum atomic E-state index is 9.80. The molecule has 2 N–H and O–H groups in total. The van der Waals surface area contributed by atoms with Crippen LogP contribution in [0.25, 0.3) is 0 Å². The zero-order chi connectivity index (χ0) is 17.6. The second-order valence-corrected chi connectivity index (χ2v) is 7.86. The Hall–Kier alpha value is -1.57. The lowest BCUT2D eigenvalue weighted by Gasteiger charge is -2.40. The number of nitriles is 1. The van der Waals surface area contributed by atoms with Gasteiger partial charge in [0, 0.05) is 25.6 Å². The number of aliphatic hydroxyl groups is 1. The normalized spacial score (nSPS) is 21.6. The third-order valence-electron chi connectivity index (χ3n) is 5.02. The highest BCUT2D eigenvalue weighted by Gasteiger charge is 2.29. The molecule has 0 aromatic heterocycles. The molecular weight excluding hydrogens is 300 g/mol. The van der Waals surface area contributed by atoms with Gasteiger partial charge in [-0.25, -0.2) is 0 Å². The van der Waals surface area contributed by atoms with Crippen molar-refractivity contribution in [2.75, 3.05) is 6.54 Å². The Morgan fingerprint density at radius 2 is 1.96 bits per heavy atom. The first-order valence-electron chi connectivity index (χ1n) is 8.96. The summed E-state index contributed by atoms with van der Waals surface area (Å²) in [5, 5.41) is 28.4. The van der Waals surface area contributed by atoms with Gasteiger partial charge in [0.05, 0.1) is 12.2 Å². The quantitative estimate of drug-likeness (QED) is 0.797. The van der Waals surface area contributed by atoms with E-state index in [-0.39, 0.29) is 11.5 Å². The molecule has 1 fully saturated rings. The van der Waals surface area contributed by atoms with E-state index >= 15 is 0 Å². The topological polar surface area (TPSA) is 67.5 Å². The molecule has 0 heterocycles. The molecule has 0 radical (unpaired) electrons. The van der Waals surface area contributed by atoms with Gasteiger partial charge in [-0.15, -0.1) is 0 Å². The number of phenols is 1. The zero-order valence-corrected chi connectivity index (χ0v) is 14.9. The van der Waals surface area contributed by atoms with Crippen molar-refractivity contribution in [3.05, 3.63) is 29.8 Å². The third kappa shape index (κ3) is 5.81. The molecule has 0 saturated heterocycles. The van der Waals surface area contributed by atoms with Crippen molar-refractivity contribution in [1.29, 1.82) is 5.26 Å². The van der Waals surface area contributed by atoms with E-state index < -0.39 is 0 Å². The first kappa shape index (κ1) is 18.8. The van der Waals surface area contributed by atoms with Crippen LogP contribution in [0.3, 0.4) is 0 Å². The maximum absolute atomic E-state index is 9.80. The summed E-state index contributed by atoms with van der Waals surface area (Å²) < 4.78 is 0. The van der Waals surface area contributed by atoms with Crippen LogP contribution in [0.2, 0.25) is 0 Å². The van der Waals surface area contributed by atoms with Crippen LogP contribution < -0.4 is 0 Å². The Morgan fingerprint density at radius 1 is 1.25 bits per heavy atom. The van der Waals surface area contributed by atoms with Crippen molar-refractivity contribution >= 4 is 0 Å². The van der Waals surface area contributed by atoms with Crippen molar-refractivity contribution in [3.63, 3.8) is 0 Å². The molecule has 0 bridgehead atoms. The van der Waals surface area contributed by atoms with E-state index in [4.69, 9.17) is 5.26 Å². The van der Waals surface area contributed by atoms with E-state index in [2.05, 4.69) is 24.8 Å². The first-order valence-corrected chi connectivity index (χ1v) is 8.96. The first-order chi connectivity index (χ1) is 11.4. The summed E-state index contributed by atoms with van der Waals surface area (Å²) in [6, 6.07) is 10.2. The van der Waals surface area contributed by atoms with Gasteiger partial charge in [-0.05, 0) is 55.2 Å². The Labute approximate surface area is 145 Å². The lowest BCUT2D eigenvalue weighted by Crippen LogP contribution is -2.43. The minimum Gasteiger partial charge on any atom is -0.508 e. The van der Waals surface area contributed by atoms with Gasteiger partial charge in [-0.2, -0.15) is 5.26 Å². The van der Waals surface area contributed by atoms with Crippen LogP contribution in [0.4, 0.5) is 0 Å². The number of nitrogens with zero attached hydrogens (tertiary/aromatic N) is 2. The minimum absolute atomic E-state index is 0.0720. The average molecular weight is 330 g/mol. The van der Waals surface area contributed by atoms with Gasteiger partial charge in [0.2, 0.25) is 0 Å². The molecule has 1 aromatic rings. The molecule has 1 aliphatic rings. The van der Waals surface area contributed by atoms with Crippen molar-refractivity contribution < 1.29 is 10.2 Å². The summed E-state index contributed by atoms with van der Waals surface area (Å²) in [5.74, 6) is 0.301. The number of aliphatic hydroxyl groups excluding tert-OH is 1.